The summed E-state index contributed by atoms with van der Waals surface area (Å²) in [5.41, 5.74) is 1.40. The monoisotopic (exact) mass is 304 g/mol. The van der Waals surface area contributed by atoms with Gasteiger partial charge in [0.25, 0.3) is 0 Å². The minimum atomic E-state index is 0.990. The molecule has 0 amide bonds. The molecule has 22 heavy (non-hydrogen) atoms. The average Bonchev–Trinajstić information content (AvgIpc) is 2.56. The van der Waals surface area contributed by atoms with E-state index in [-0.39, 0.29) is 0 Å². The van der Waals surface area contributed by atoms with Crippen LogP contribution in [0.1, 0.15) is 57.4 Å². The quantitative estimate of drug-likeness (QED) is 0.785. The Kier molecular flexibility index (Phi) is 11.0. The van der Waals surface area contributed by atoms with Gasteiger partial charge in [0.2, 0.25) is 0 Å². The summed E-state index contributed by atoms with van der Waals surface area (Å²) >= 11 is 0. The van der Waals surface area contributed by atoms with Gasteiger partial charge in [-0.15, -0.1) is 0 Å². The van der Waals surface area contributed by atoms with Gasteiger partial charge in [0.1, 0.15) is 0 Å². The van der Waals surface area contributed by atoms with Crippen molar-refractivity contribution in [2.45, 2.75) is 58.4 Å². The van der Waals surface area contributed by atoms with Gasteiger partial charge in [-0.1, -0.05) is 62.9 Å². The van der Waals surface area contributed by atoms with Crippen LogP contribution in [0.4, 0.5) is 0 Å². The zero-order valence-electron chi connectivity index (χ0n) is 15.0. The zero-order valence-corrected chi connectivity index (χ0v) is 15.0. The fourth-order valence-corrected chi connectivity index (χ4v) is 3.08. The van der Waals surface area contributed by atoms with Gasteiger partial charge in [-0.3, -0.25) is 0 Å². The predicted molar refractivity (Wildman–Crippen MR) is 98.2 cm³/mol. The van der Waals surface area contributed by atoms with Crippen molar-refractivity contribution < 1.29 is 0 Å². The molecule has 126 valence electrons. The maximum absolute atomic E-state index is 3.24. The molecule has 0 aromatic heterocycles. The lowest BCUT2D eigenvalue weighted by molar-refractivity contribution is 0.321. The van der Waals surface area contributed by atoms with E-state index in [0.29, 0.717) is 0 Å². The van der Waals surface area contributed by atoms with Gasteiger partial charge in [0.15, 0.2) is 0 Å². The van der Waals surface area contributed by atoms with Crippen molar-refractivity contribution in [1.82, 2.24) is 10.2 Å². The van der Waals surface area contributed by atoms with Crippen LogP contribution < -0.4 is 5.32 Å². The van der Waals surface area contributed by atoms with Crippen LogP contribution in [0.5, 0.6) is 0 Å². The second-order valence-electron chi connectivity index (χ2n) is 6.64. The smallest absolute Gasteiger partial charge is 0.0230 e. The summed E-state index contributed by atoms with van der Waals surface area (Å²) in [5.74, 6) is 0.990. The highest BCUT2D eigenvalue weighted by Crippen LogP contribution is 2.22. The van der Waals surface area contributed by atoms with Crippen LogP contribution in [0, 0.1) is 5.92 Å². The Morgan fingerprint density at radius 1 is 1.09 bits per heavy atom. The van der Waals surface area contributed by atoms with Crippen molar-refractivity contribution in [2.24, 2.45) is 5.92 Å². The van der Waals surface area contributed by atoms with E-state index in [1.807, 2.05) is 0 Å². The first-order valence-electron chi connectivity index (χ1n) is 9.13. The fourth-order valence-electron chi connectivity index (χ4n) is 3.08. The molecule has 2 nitrogen and oxygen atoms in total. The zero-order chi connectivity index (χ0) is 16.0. The molecule has 1 saturated carbocycles. The molecule has 0 atom stereocenters. The summed E-state index contributed by atoms with van der Waals surface area (Å²) in [6.07, 6.45) is 9.89. The summed E-state index contributed by atoms with van der Waals surface area (Å²) in [6.45, 7) is 5.74. The highest BCUT2D eigenvalue weighted by atomic mass is 15.1. The van der Waals surface area contributed by atoms with Crippen LogP contribution in [0.2, 0.25) is 0 Å². The Morgan fingerprint density at radius 3 is 2.36 bits per heavy atom. The van der Waals surface area contributed by atoms with Crippen LogP contribution in [0.25, 0.3) is 0 Å². The lowest BCUT2D eigenvalue weighted by atomic mass is 9.89. The maximum atomic E-state index is 3.24. The molecule has 0 spiro atoms. The van der Waals surface area contributed by atoms with Crippen molar-refractivity contribution in [3.8, 4) is 0 Å². The lowest BCUT2D eigenvalue weighted by Gasteiger charge is -2.20. The third-order valence-electron chi connectivity index (χ3n) is 4.41. The van der Waals surface area contributed by atoms with Gasteiger partial charge in [0, 0.05) is 6.54 Å². The summed E-state index contributed by atoms with van der Waals surface area (Å²) in [7, 11) is 4.23. The Morgan fingerprint density at radius 2 is 1.77 bits per heavy atom. The second-order valence-corrected chi connectivity index (χ2v) is 6.64. The number of hydrogen-bond acceptors (Lipinski definition) is 2. The average molecular weight is 305 g/mol. The second kappa shape index (κ2) is 12.7. The van der Waals surface area contributed by atoms with Crippen LogP contribution in [0.15, 0.2) is 30.3 Å². The number of benzene rings is 1. The van der Waals surface area contributed by atoms with Gasteiger partial charge in [0.05, 0.1) is 0 Å². The largest absolute Gasteiger partial charge is 0.319 e. The van der Waals surface area contributed by atoms with Gasteiger partial charge >= 0.3 is 0 Å². The van der Waals surface area contributed by atoms with E-state index in [9.17, 15) is 0 Å². The standard InChI is InChI=1S/C12H19N.C8H17N/c1-3-4-10-13(2)11-12-8-6-5-7-9-12;1-9-7-8-5-3-2-4-6-8/h5-9H,3-4,10-11H2,1-2H3;8-9H,2-7H2,1H3. The Bertz CT molecular complexity index is 341. The van der Waals surface area contributed by atoms with E-state index in [0.717, 1.165) is 12.5 Å². The molecule has 0 saturated heterocycles. The minimum absolute atomic E-state index is 0.990. The molecule has 1 N–H and O–H groups in total. The number of hydrogen-bond donors (Lipinski definition) is 1. The molecular weight excluding hydrogens is 268 g/mol. The van der Waals surface area contributed by atoms with E-state index >= 15 is 0 Å². The summed E-state index contributed by atoms with van der Waals surface area (Å²) in [5, 5.41) is 3.24. The van der Waals surface area contributed by atoms with Gasteiger partial charge in [-0.05, 0) is 57.9 Å². The summed E-state index contributed by atoms with van der Waals surface area (Å²) in [4.78, 5) is 2.37. The lowest BCUT2D eigenvalue weighted by Crippen LogP contribution is -2.20. The molecule has 0 aliphatic heterocycles. The molecular formula is C20H36N2. The van der Waals surface area contributed by atoms with E-state index < -0.39 is 0 Å². The van der Waals surface area contributed by atoms with E-state index in [1.165, 1.54) is 63.6 Å². The Balaban J connectivity index is 0.000000235. The molecule has 0 bridgehead atoms. The molecule has 0 unspecified atom stereocenters. The van der Waals surface area contributed by atoms with Gasteiger partial charge in [-0.2, -0.15) is 0 Å². The molecule has 2 rings (SSSR count). The van der Waals surface area contributed by atoms with Crippen LogP contribution >= 0.6 is 0 Å². The van der Waals surface area contributed by atoms with Crippen molar-refractivity contribution in [1.29, 1.82) is 0 Å². The Hall–Kier alpha value is -0.860. The number of nitrogens with one attached hydrogen (secondary N) is 1. The molecule has 0 radical (unpaired) electrons. The molecule has 1 aromatic carbocycles. The summed E-state index contributed by atoms with van der Waals surface area (Å²) in [6, 6.07) is 10.6. The third-order valence-corrected chi connectivity index (χ3v) is 4.41. The maximum Gasteiger partial charge on any atom is 0.0230 e. The van der Waals surface area contributed by atoms with E-state index in [1.54, 1.807) is 0 Å². The third kappa shape index (κ3) is 9.22. The molecule has 1 aliphatic carbocycles. The highest BCUT2D eigenvalue weighted by molar-refractivity contribution is 5.14. The van der Waals surface area contributed by atoms with Crippen LogP contribution in [-0.2, 0) is 6.54 Å². The molecule has 2 heteroatoms. The number of unbranched alkanes of at least 4 members (excludes halogenated alkanes) is 1. The molecule has 1 aromatic rings. The van der Waals surface area contributed by atoms with E-state index in [2.05, 4.69) is 61.6 Å². The van der Waals surface area contributed by atoms with Gasteiger partial charge < -0.3 is 10.2 Å². The number of rotatable bonds is 7. The van der Waals surface area contributed by atoms with Crippen LogP contribution in [0.3, 0.4) is 0 Å². The number of nitrogens with zero attached hydrogens (tertiary/aromatic N) is 1. The van der Waals surface area contributed by atoms with E-state index in [4.69, 9.17) is 0 Å². The molecule has 1 aliphatic rings. The van der Waals surface area contributed by atoms with Crippen molar-refractivity contribution in [3.05, 3.63) is 35.9 Å². The topological polar surface area (TPSA) is 15.3 Å². The first-order valence-corrected chi connectivity index (χ1v) is 9.13. The first-order chi connectivity index (χ1) is 10.8. The van der Waals surface area contributed by atoms with Crippen molar-refractivity contribution in [2.75, 3.05) is 27.2 Å². The SMILES string of the molecule is CCCCN(C)Cc1ccccc1.CNCC1CCCCC1. The first kappa shape index (κ1) is 19.2. The Labute approximate surface area is 138 Å². The predicted octanol–water partition coefficient (Wildman–Crippen LogP) is 4.70. The van der Waals surface area contributed by atoms with Gasteiger partial charge in [-0.25, -0.2) is 0 Å². The van der Waals surface area contributed by atoms with Crippen LogP contribution in [-0.4, -0.2) is 32.1 Å². The highest BCUT2D eigenvalue weighted by Gasteiger charge is 2.11. The van der Waals surface area contributed by atoms with Crippen molar-refractivity contribution in [3.63, 3.8) is 0 Å². The minimum Gasteiger partial charge on any atom is -0.319 e. The molecule has 0 heterocycles. The summed E-state index contributed by atoms with van der Waals surface area (Å²) < 4.78 is 0. The normalized spacial score (nSPS) is 15.5. The fraction of sp³-hybridized carbons (Fsp3) is 0.700. The molecule has 1 fully saturated rings. The van der Waals surface area contributed by atoms with Crippen molar-refractivity contribution >= 4 is 0 Å².